The first-order valence-corrected chi connectivity index (χ1v) is 3.96. The first-order chi connectivity index (χ1) is 6.27. The summed E-state index contributed by atoms with van der Waals surface area (Å²) in [7, 11) is 1.72. The molecule has 0 spiro atoms. The molecule has 0 amide bonds. The van der Waals surface area contributed by atoms with E-state index in [1.54, 1.807) is 19.6 Å². The molecular weight excluding hydrogens is 162 g/mol. The van der Waals surface area contributed by atoms with Gasteiger partial charge in [-0.25, -0.2) is 0 Å². The van der Waals surface area contributed by atoms with Gasteiger partial charge in [0.05, 0.1) is 6.34 Å². The fraction of sp³-hybridized carbons (Fsp3) is 0.100. The average Bonchev–Trinajstić information content (AvgIpc) is 2.16. The molecule has 2 N–H and O–H groups in total. The van der Waals surface area contributed by atoms with Gasteiger partial charge in [-0.15, -0.1) is 0 Å². The van der Waals surface area contributed by atoms with Crippen LogP contribution in [-0.2, 0) is 0 Å². The van der Waals surface area contributed by atoms with Crippen LogP contribution in [0.2, 0.25) is 0 Å². The Bertz CT molecular complexity index is 300. The van der Waals surface area contributed by atoms with Gasteiger partial charge in [0.1, 0.15) is 0 Å². The Hall–Kier alpha value is -1.77. The fourth-order valence-electron chi connectivity index (χ4n) is 0.990. The maximum Gasteiger partial charge on any atom is 0.0931 e. The maximum atomic E-state index is 5.56. The van der Waals surface area contributed by atoms with Crippen molar-refractivity contribution in [3.8, 4) is 0 Å². The van der Waals surface area contributed by atoms with Crippen molar-refractivity contribution in [3.63, 3.8) is 0 Å². The molecular formula is C10H13N3. The van der Waals surface area contributed by atoms with Gasteiger partial charge in [0, 0.05) is 24.6 Å². The summed E-state index contributed by atoms with van der Waals surface area (Å²) in [6, 6.07) is 7.52. The van der Waals surface area contributed by atoms with Crippen LogP contribution in [0.25, 0.3) is 0 Å². The van der Waals surface area contributed by atoms with E-state index in [2.05, 4.69) is 11.6 Å². The predicted molar refractivity (Wildman–Crippen MR) is 57.9 cm³/mol. The summed E-state index contributed by atoms with van der Waals surface area (Å²) >= 11 is 0. The summed E-state index contributed by atoms with van der Waals surface area (Å²) in [6.45, 7) is 3.68. The molecule has 0 fully saturated rings. The van der Waals surface area contributed by atoms with Crippen LogP contribution < -0.4 is 10.6 Å². The minimum atomic E-state index is 0.751. The monoisotopic (exact) mass is 175 g/mol. The van der Waals surface area contributed by atoms with Gasteiger partial charge in [0.25, 0.3) is 0 Å². The number of aliphatic imine (C=N–C) groups is 1. The van der Waals surface area contributed by atoms with E-state index >= 15 is 0 Å². The number of hydrogen-bond acceptors (Lipinski definition) is 2. The lowest BCUT2D eigenvalue weighted by Gasteiger charge is -2.13. The quantitative estimate of drug-likeness (QED) is 0.433. The topological polar surface area (TPSA) is 41.6 Å². The van der Waals surface area contributed by atoms with Crippen molar-refractivity contribution in [2.24, 2.45) is 4.99 Å². The van der Waals surface area contributed by atoms with Gasteiger partial charge in [-0.05, 0) is 24.3 Å². The summed E-state index contributed by atoms with van der Waals surface area (Å²) in [4.78, 5) is 5.72. The zero-order valence-corrected chi connectivity index (χ0v) is 7.64. The molecule has 68 valence electrons. The van der Waals surface area contributed by atoms with Gasteiger partial charge in [-0.2, -0.15) is 0 Å². The van der Waals surface area contributed by atoms with E-state index < -0.39 is 0 Å². The molecule has 0 aliphatic heterocycles. The number of anilines is 2. The molecule has 13 heavy (non-hydrogen) atoms. The Morgan fingerprint density at radius 3 is 2.46 bits per heavy atom. The van der Waals surface area contributed by atoms with E-state index in [1.165, 1.54) is 0 Å². The first kappa shape index (κ1) is 9.32. The Balaban J connectivity index is 2.91. The number of hydrogen-bond donors (Lipinski definition) is 1. The van der Waals surface area contributed by atoms with E-state index in [1.807, 2.05) is 29.2 Å². The molecule has 0 radical (unpaired) electrons. The van der Waals surface area contributed by atoms with Gasteiger partial charge >= 0.3 is 0 Å². The van der Waals surface area contributed by atoms with Crippen LogP contribution in [0.1, 0.15) is 0 Å². The van der Waals surface area contributed by atoms with Gasteiger partial charge in [0.2, 0.25) is 0 Å². The van der Waals surface area contributed by atoms with Crippen LogP contribution in [0.3, 0.4) is 0 Å². The number of nitrogens with zero attached hydrogens (tertiary/aromatic N) is 2. The van der Waals surface area contributed by atoms with Gasteiger partial charge in [-0.1, -0.05) is 6.58 Å². The van der Waals surface area contributed by atoms with Crippen LogP contribution in [0, 0.1) is 0 Å². The molecule has 1 rings (SSSR count). The Labute approximate surface area is 78.2 Å². The Kier molecular flexibility index (Phi) is 3.09. The smallest absolute Gasteiger partial charge is 0.0931 e. The molecule has 3 heteroatoms. The fourth-order valence-corrected chi connectivity index (χ4v) is 0.990. The van der Waals surface area contributed by atoms with Crippen LogP contribution >= 0.6 is 0 Å². The highest BCUT2D eigenvalue weighted by Crippen LogP contribution is 2.14. The van der Waals surface area contributed by atoms with Gasteiger partial charge < -0.3 is 10.6 Å². The van der Waals surface area contributed by atoms with Crippen molar-refractivity contribution in [2.45, 2.75) is 0 Å². The van der Waals surface area contributed by atoms with Crippen molar-refractivity contribution in [3.05, 3.63) is 37.0 Å². The summed E-state index contributed by atoms with van der Waals surface area (Å²) in [5.74, 6) is 0. The van der Waals surface area contributed by atoms with E-state index in [-0.39, 0.29) is 0 Å². The number of nitrogens with two attached hydrogens (primary N) is 1. The maximum absolute atomic E-state index is 5.56. The minimum absolute atomic E-state index is 0.751. The van der Waals surface area contributed by atoms with Crippen molar-refractivity contribution >= 4 is 17.7 Å². The second-order valence-electron chi connectivity index (χ2n) is 2.56. The number of rotatable bonds is 3. The molecule has 1 aromatic carbocycles. The lowest BCUT2D eigenvalue weighted by Crippen LogP contribution is -2.12. The molecule has 0 heterocycles. The van der Waals surface area contributed by atoms with Crippen LogP contribution in [0.5, 0.6) is 0 Å². The summed E-state index contributed by atoms with van der Waals surface area (Å²) in [6.07, 6.45) is 3.39. The second kappa shape index (κ2) is 4.30. The normalized spacial score (nSPS) is 10.2. The number of nitrogen functional groups attached to an aromatic ring is 1. The molecule has 0 aromatic heterocycles. The van der Waals surface area contributed by atoms with Gasteiger partial charge in [-0.3, -0.25) is 4.99 Å². The standard InChI is InChI=1S/C10H13N3/c1-3-13(8-12-2)10-6-4-9(11)5-7-10/h3-8H,1,11H2,2H3. The largest absolute Gasteiger partial charge is 0.399 e. The predicted octanol–water partition coefficient (Wildman–Crippen LogP) is 1.88. The van der Waals surface area contributed by atoms with Crippen molar-refractivity contribution in [1.29, 1.82) is 0 Å². The Morgan fingerprint density at radius 2 is 2.00 bits per heavy atom. The third-order valence-electron chi connectivity index (χ3n) is 1.63. The van der Waals surface area contributed by atoms with Crippen LogP contribution in [-0.4, -0.2) is 13.4 Å². The zero-order valence-electron chi connectivity index (χ0n) is 7.64. The van der Waals surface area contributed by atoms with Crippen LogP contribution in [0.15, 0.2) is 42.0 Å². The van der Waals surface area contributed by atoms with Crippen molar-refractivity contribution in [2.75, 3.05) is 17.7 Å². The van der Waals surface area contributed by atoms with E-state index in [0.717, 1.165) is 11.4 Å². The van der Waals surface area contributed by atoms with E-state index in [9.17, 15) is 0 Å². The lowest BCUT2D eigenvalue weighted by molar-refractivity contribution is 1.34. The SMILES string of the molecule is C=CN(C=NC)c1ccc(N)cc1. The van der Waals surface area contributed by atoms with Gasteiger partial charge in [0.15, 0.2) is 0 Å². The molecule has 0 atom stereocenters. The highest BCUT2D eigenvalue weighted by atomic mass is 15.1. The summed E-state index contributed by atoms with van der Waals surface area (Å²) in [5.41, 5.74) is 7.31. The molecule has 0 bridgehead atoms. The molecule has 3 nitrogen and oxygen atoms in total. The highest BCUT2D eigenvalue weighted by molar-refractivity contribution is 5.81. The zero-order chi connectivity index (χ0) is 9.68. The molecule has 1 aromatic rings. The van der Waals surface area contributed by atoms with Crippen LogP contribution in [0.4, 0.5) is 11.4 Å². The summed E-state index contributed by atoms with van der Waals surface area (Å²) in [5, 5.41) is 0. The Morgan fingerprint density at radius 1 is 1.38 bits per heavy atom. The van der Waals surface area contributed by atoms with E-state index in [0.29, 0.717) is 0 Å². The first-order valence-electron chi connectivity index (χ1n) is 3.96. The van der Waals surface area contributed by atoms with Crippen molar-refractivity contribution in [1.82, 2.24) is 0 Å². The van der Waals surface area contributed by atoms with Crippen molar-refractivity contribution < 1.29 is 0 Å². The molecule has 0 saturated heterocycles. The average molecular weight is 175 g/mol. The molecule has 0 unspecified atom stereocenters. The number of benzene rings is 1. The third-order valence-corrected chi connectivity index (χ3v) is 1.63. The minimum Gasteiger partial charge on any atom is -0.399 e. The third kappa shape index (κ3) is 2.33. The van der Waals surface area contributed by atoms with E-state index in [4.69, 9.17) is 5.73 Å². The summed E-state index contributed by atoms with van der Waals surface area (Å²) < 4.78 is 0. The molecule has 0 aliphatic rings. The molecule has 0 saturated carbocycles. The second-order valence-corrected chi connectivity index (χ2v) is 2.56. The molecule has 0 aliphatic carbocycles. The highest BCUT2D eigenvalue weighted by Gasteiger charge is 1.97. The lowest BCUT2D eigenvalue weighted by atomic mass is 10.3.